The summed E-state index contributed by atoms with van der Waals surface area (Å²) >= 11 is 0. The summed E-state index contributed by atoms with van der Waals surface area (Å²) in [5.74, 6) is 0.670. The number of likely N-dealkylation sites (N-methyl/N-ethyl adjacent to an activating group) is 1. The number of fused-ring (bicyclic) bond motifs is 1. The number of carbonyl (C=O) groups is 1. The van der Waals surface area contributed by atoms with E-state index >= 15 is 0 Å². The Hall–Kier alpha value is -1.55. The zero-order chi connectivity index (χ0) is 13.0. The molecule has 4 heteroatoms. The molecule has 0 aromatic heterocycles. The monoisotopic (exact) mass is 249 g/mol. The number of nitrogens with zero attached hydrogens (tertiary/aromatic N) is 1. The third-order valence-corrected chi connectivity index (χ3v) is 3.32. The van der Waals surface area contributed by atoms with E-state index in [2.05, 4.69) is 11.0 Å². The van der Waals surface area contributed by atoms with Crippen molar-refractivity contribution in [2.75, 3.05) is 26.7 Å². The lowest BCUT2D eigenvalue weighted by Crippen LogP contribution is -2.29. The first kappa shape index (κ1) is 12.9. The summed E-state index contributed by atoms with van der Waals surface area (Å²) in [7, 11) is 1.97. The number of rotatable bonds is 5. The summed E-state index contributed by atoms with van der Waals surface area (Å²) in [4.78, 5) is 12.6. The van der Waals surface area contributed by atoms with Crippen LogP contribution in [0.25, 0.3) is 0 Å². The molecule has 1 aromatic carbocycles. The van der Waals surface area contributed by atoms with Crippen molar-refractivity contribution in [1.29, 1.82) is 0 Å². The fraction of sp³-hybridized carbons (Fsp3) is 0.500. The molecule has 0 spiro atoms. The topological polar surface area (TPSA) is 49.8 Å². The van der Waals surface area contributed by atoms with Crippen LogP contribution in [-0.2, 0) is 4.79 Å². The highest BCUT2D eigenvalue weighted by Crippen LogP contribution is 2.33. The van der Waals surface area contributed by atoms with Crippen LogP contribution < -0.4 is 4.74 Å². The van der Waals surface area contributed by atoms with Crippen LogP contribution in [0.15, 0.2) is 24.3 Å². The van der Waals surface area contributed by atoms with Gasteiger partial charge in [0, 0.05) is 19.0 Å². The first-order valence-corrected chi connectivity index (χ1v) is 6.29. The van der Waals surface area contributed by atoms with E-state index in [0.29, 0.717) is 12.5 Å². The van der Waals surface area contributed by atoms with E-state index in [1.54, 1.807) is 0 Å². The molecule has 4 nitrogen and oxygen atoms in total. The maximum absolute atomic E-state index is 10.5. The summed E-state index contributed by atoms with van der Waals surface area (Å²) in [6.07, 6.45) is 1.19. The van der Waals surface area contributed by atoms with Gasteiger partial charge in [-0.3, -0.25) is 4.79 Å². The van der Waals surface area contributed by atoms with Gasteiger partial charge >= 0.3 is 5.97 Å². The van der Waals surface area contributed by atoms with Gasteiger partial charge in [-0.05, 0) is 25.1 Å². The number of para-hydroxylation sites is 1. The van der Waals surface area contributed by atoms with Crippen molar-refractivity contribution >= 4 is 5.97 Å². The molecule has 1 aliphatic rings. The van der Waals surface area contributed by atoms with Gasteiger partial charge in [0.25, 0.3) is 0 Å². The lowest BCUT2D eigenvalue weighted by Gasteiger charge is -2.29. The molecule has 1 aliphatic heterocycles. The van der Waals surface area contributed by atoms with E-state index in [9.17, 15) is 4.79 Å². The highest BCUT2D eigenvalue weighted by molar-refractivity contribution is 5.66. The molecule has 18 heavy (non-hydrogen) atoms. The molecule has 1 aromatic rings. The molecule has 0 amide bonds. The molecular weight excluding hydrogens is 230 g/mol. The Morgan fingerprint density at radius 1 is 1.50 bits per heavy atom. The van der Waals surface area contributed by atoms with Gasteiger partial charge in [0.1, 0.15) is 5.75 Å². The Balaban J connectivity index is 1.96. The van der Waals surface area contributed by atoms with Crippen LogP contribution in [0.3, 0.4) is 0 Å². The largest absolute Gasteiger partial charge is 0.493 e. The number of carboxylic acids is 1. The van der Waals surface area contributed by atoms with E-state index in [1.165, 1.54) is 5.56 Å². The minimum Gasteiger partial charge on any atom is -0.493 e. The standard InChI is InChI=1S/C14H19NO3/c1-15(8-6-14(16)17)10-11-7-9-18-13-5-3-2-4-12(11)13/h2-5,11H,6-10H2,1H3,(H,16,17). The molecular formula is C14H19NO3. The molecule has 0 radical (unpaired) electrons. The Kier molecular flexibility index (Phi) is 4.20. The van der Waals surface area contributed by atoms with Gasteiger partial charge in [0.2, 0.25) is 0 Å². The van der Waals surface area contributed by atoms with Crippen LogP contribution in [0, 0.1) is 0 Å². The van der Waals surface area contributed by atoms with E-state index in [4.69, 9.17) is 9.84 Å². The number of carboxylic acid groups (broad SMARTS) is 1. The van der Waals surface area contributed by atoms with Crippen molar-refractivity contribution in [3.05, 3.63) is 29.8 Å². The second-order valence-electron chi connectivity index (χ2n) is 4.78. The number of hydrogen-bond donors (Lipinski definition) is 1. The van der Waals surface area contributed by atoms with Crippen molar-refractivity contribution in [2.24, 2.45) is 0 Å². The van der Waals surface area contributed by atoms with Crippen LogP contribution >= 0.6 is 0 Å². The molecule has 1 atom stereocenters. The maximum Gasteiger partial charge on any atom is 0.304 e. The summed E-state index contributed by atoms with van der Waals surface area (Å²) in [5, 5.41) is 8.68. The average Bonchev–Trinajstić information content (AvgIpc) is 2.37. The van der Waals surface area contributed by atoms with Gasteiger partial charge in [-0.25, -0.2) is 0 Å². The van der Waals surface area contributed by atoms with Crippen LogP contribution in [0.5, 0.6) is 5.75 Å². The summed E-state index contributed by atoms with van der Waals surface area (Å²) < 4.78 is 5.62. The Morgan fingerprint density at radius 2 is 2.28 bits per heavy atom. The van der Waals surface area contributed by atoms with E-state index in [0.717, 1.165) is 25.3 Å². The molecule has 0 fully saturated rings. The van der Waals surface area contributed by atoms with Crippen molar-refractivity contribution in [1.82, 2.24) is 4.90 Å². The Bertz CT molecular complexity index is 419. The smallest absolute Gasteiger partial charge is 0.304 e. The van der Waals surface area contributed by atoms with Crippen molar-refractivity contribution in [3.8, 4) is 5.75 Å². The summed E-state index contributed by atoms with van der Waals surface area (Å²) in [6, 6.07) is 8.11. The van der Waals surface area contributed by atoms with E-state index in [1.807, 2.05) is 25.2 Å². The van der Waals surface area contributed by atoms with Crippen LogP contribution in [0.1, 0.15) is 24.3 Å². The van der Waals surface area contributed by atoms with Gasteiger partial charge in [0.05, 0.1) is 13.0 Å². The van der Waals surface area contributed by atoms with Gasteiger partial charge in [-0.15, -0.1) is 0 Å². The summed E-state index contributed by atoms with van der Waals surface area (Å²) in [6.45, 7) is 2.22. The van der Waals surface area contributed by atoms with Crippen LogP contribution in [0.4, 0.5) is 0 Å². The lowest BCUT2D eigenvalue weighted by molar-refractivity contribution is -0.137. The minimum absolute atomic E-state index is 0.196. The van der Waals surface area contributed by atoms with E-state index in [-0.39, 0.29) is 6.42 Å². The molecule has 0 aliphatic carbocycles. The van der Waals surface area contributed by atoms with Gasteiger partial charge in [0.15, 0.2) is 0 Å². The lowest BCUT2D eigenvalue weighted by atomic mass is 9.92. The molecule has 0 saturated heterocycles. The predicted octanol–water partition coefficient (Wildman–Crippen LogP) is 1.96. The first-order chi connectivity index (χ1) is 8.66. The maximum atomic E-state index is 10.5. The Morgan fingerprint density at radius 3 is 3.06 bits per heavy atom. The molecule has 0 bridgehead atoms. The normalized spacial score (nSPS) is 18.2. The zero-order valence-electron chi connectivity index (χ0n) is 10.6. The van der Waals surface area contributed by atoms with Crippen LogP contribution in [0.2, 0.25) is 0 Å². The van der Waals surface area contributed by atoms with Crippen molar-refractivity contribution < 1.29 is 14.6 Å². The number of aliphatic carboxylic acids is 1. The number of benzene rings is 1. The molecule has 1 N–H and O–H groups in total. The number of ether oxygens (including phenoxy) is 1. The first-order valence-electron chi connectivity index (χ1n) is 6.29. The van der Waals surface area contributed by atoms with Gasteiger partial charge in [-0.1, -0.05) is 18.2 Å². The zero-order valence-corrected chi connectivity index (χ0v) is 10.6. The molecule has 0 saturated carbocycles. The predicted molar refractivity (Wildman–Crippen MR) is 69.0 cm³/mol. The third-order valence-electron chi connectivity index (χ3n) is 3.32. The quantitative estimate of drug-likeness (QED) is 0.866. The van der Waals surface area contributed by atoms with Crippen LogP contribution in [-0.4, -0.2) is 42.7 Å². The van der Waals surface area contributed by atoms with Crippen molar-refractivity contribution in [2.45, 2.75) is 18.8 Å². The molecule has 1 heterocycles. The van der Waals surface area contributed by atoms with Gasteiger partial charge in [-0.2, -0.15) is 0 Å². The third kappa shape index (κ3) is 3.23. The Labute approximate surface area is 107 Å². The fourth-order valence-corrected chi connectivity index (χ4v) is 2.36. The second kappa shape index (κ2) is 5.87. The number of hydrogen-bond acceptors (Lipinski definition) is 3. The minimum atomic E-state index is -0.741. The SMILES string of the molecule is CN(CCC(=O)O)CC1CCOc2ccccc21. The molecule has 98 valence electrons. The average molecular weight is 249 g/mol. The van der Waals surface area contributed by atoms with E-state index < -0.39 is 5.97 Å². The second-order valence-corrected chi connectivity index (χ2v) is 4.78. The molecule has 2 rings (SSSR count). The van der Waals surface area contributed by atoms with Crippen molar-refractivity contribution in [3.63, 3.8) is 0 Å². The summed E-state index contributed by atoms with van der Waals surface area (Å²) in [5.41, 5.74) is 1.24. The highest BCUT2D eigenvalue weighted by atomic mass is 16.5. The fourth-order valence-electron chi connectivity index (χ4n) is 2.36. The highest BCUT2D eigenvalue weighted by Gasteiger charge is 2.22. The van der Waals surface area contributed by atoms with Gasteiger partial charge < -0.3 is 14.7 Å². The molecule has 1 unspecified atom stereocenters.